The summed E-state index contributed by atoms with van der Waals surface area (Å²) in [5, 5.41) is 8.56. The van der Waals surface area contributed by atoms with Crippen molar-refractivity contribution in [1.29, 1.82) is 5.26 Å². The van der Waals surface area contributed by atoms with E-state index in [9.17, 15) is 13.2 Å². The molecule has 0 amide bonds. The van der Waals surface area contributed by atoms with Gasteiger partial charge in [-0.2, -0.15) is 18.4 Å². The molecule has 2 nitrogen and oxygen atoms in total. The summed E-state index contributed by atoms with van der Waals surface area (Å²) >= 11 is 0. The van der Waals surface area contributed by atoms with Crippen LogP contribution in [0.1, 0.15) is 33.6 Å². The Bertz CT molecular complexity index is 241. The summed E-state index contributed by atoms with van der Waals surface area (Å²) in [7, 11) is 0. The monoisotopic (exact) mass is 250 g/mol. The summed E-state index contributed by atoms with van der Waals surface area (Å²) < 4.78 is 37.4. The topological polar surface area (TPSA) is 27.0 Å². The predicted octanol–water partition coefficient (Wildman–Crippen LogP) is 3.45. The van der Waals surface area contributed by atoms with Gasteiger partial charge >= 0.3 is 6.18 Å². The fourth-order valence-electron chi connectivity index (χ4n) is 1.72. The molecule has 0 aromatic rings. The summed E-state index contributed by atoms with van der Waals surface area (Å²) in [5.74, 6) is -1.47. The van der Waals surface area contributed by atoms with Crippen LogP contribution in [0.25, 0.3) is 0 Å². The number of rotatable bonds is 7. The standard InChI is InChI=1S/C12H21F3N2/c1-4-10(5-2)8-17(6-3)9-11(7-16)12(13,14)15/h10-11H,4-6,8-9H2,1-3H3. The molecule has 0 heterocycles. The fourth-order valence-corrected chi connectivity index (χ4v) is 1.72. The number of halogens is 3. The van der Waals surface area contributed by atoms with Gasteiger partial charge in [0, 0.05) is 13.1 Å². The first-order valence-electron chi connectivity index (χ1n) is 6.07. The third kappa shape index (κ3) is 5.92. The van der Waals surface area contributed by atoms with E-state index in [2.05, 4.69) is 0 Å². The van der Waals surface area contributed by atoms with E-state index in [1.165, 1.54) is 6.07 Å². The molecule has 0 aromatic heterocycles. The lowest BCUT2D eigenvalue weighted by Crippen LogP contribution is -2.38. The molecule has 0 N–H and O–H groups in total. The van der Waals surface area contributed by atoms with Crippen LogP contribution in [0, 0.1) is 23.2 Å². The van der Waals surface area contributed by atoms with Crippen LogP contribution in [0.4, 0.5) is 13.2 Å². The van der Waals surface area contributed by atoms with Gasteiger partial charge in [0.15, 0.2) is 5.92 Å². The lowest BCUT2D eigenvalue weighted by atomic mass is 10.0. The maximum absolute atomic E-state index is 12.5. The first-order valence-corrected chi connectivity index (χ1v) is 6.07. The minimum absolute atomic E-state index is 0.215. The second-order valence-electron chi connectivity index (χ2n) is 4.26. The minimum Gasteiger partial charge on any atom is -0.302 e. The first-order chi connectivity index (χ1) is 7.88. The van der Waals surface area contributed by atoms with E-state index in [1.807, 2.05) is 20.8 Å². The Kier molecular flexibility index (Phi) is 7.21. The highest BCUT2D eigenvalue weighted by Gasteiger charge is 2.40. The van der Waals surface area contributed by atoms with E-state index >= 15 is 0 Å². The van der Waals surface area contributed by atoms with Crippen LogP contribution in [0.3, 0.4) is 0 Å². The average Bonchev–Trinajstić information content (AvgIpc) is 2.28. The van der Waals surface area contributed by atoms with E-state index in [0.717, 1.165) is 12.8 Å². The zero-order valence-corrected chi connectivity index (χ0v) is 10.7. The molecular weight excluding hydrogens is 229 g/mol. The Morgan fingerprint density at radius 1 is 1.12 bits per heavy atom. The number of hydrogen-bond acceptors (Lipinski definition) is 2. The molecule has 100 valence electrons. The van der Waals surface area contributed by atoms with E-state index in [0.29, 0.717) is 19.0 Å². The van der Waals surface area contributed by atoms with E-state index in [-0.39, 0.29) is 6.54 Å². The third-order valence-electron chi connectivity index (χ3n) is 3.11. The van der Waals surface area contributed by atoms with E-state index in [4.69, 9.17) is 5.26 Å². The van der Waals surface area contributed by atoms with Gasteiger partial charge in [-0.25, -0.2) is 0 Å². The van der Waals surface area contributed by atoms with Crippen molar-refractivity contribution in [3.05, 3.63) is 0 Å². The second-order valence-corrected chi connectivity index (χ2v) is 4.26. The summed E-state index contributed by atoms with van der Waals surface area (Å²) in [5.41, 5.74) is 0. The SMILES string of the molecule is CCC(CC)CN(CC)CC(C#N)C(F)(F)F. The molecule has 0 aliphatic carbocycles. The zero-order valence-electron chi connectivity index (χ0n) is 10.7. The molecule has 0 fully saturated rings. The fraction of sp³-hybridized carbons (Fsp3) is 0.917. The van der Waals surface area contributed by atoms with Crippen LogP contribution in [0.2, 0.25) is 0 Å². The minimum atomic E-state index is -4.42. The Morgan fingerprint density at radius 3 is 1.94 bits per heavy atom. The summed E-state index contributed by atoms with van der Waals surface area (Å²) in [4.78, 5) is 1.72. The molecule has 0 radical (unpaired) electrons. The molecule has 1 unspecified atom stereocenters. The molecule has 1 atom stereocenters. The number of hydrogen-bond donors (Lipinski definition) is 0. The van der Waals surface area contributed by atoms with Gasteiger partial charge in [0.1, 0.15) is 0 Å². The average molecular weight is 250 g/mol. The van der Waals surface area contributed by atoms with Gasteiger partial charge in [-0.05, 0) is 12.5 Å². The number of alkyl halides is 3. The van der Waals surface area contributed by atoms with Gasteiger partial charge in [0.2, 0.25) is 0 Å². The molecule has 0 aromatic carbocycles. The molecular formula is C12H21F3N2. The van der Waals surface area contributed by atoms with Crippen LogP contribution < -0.4 is 0 Å². The lowest BCUT2D eigenvalue weighted by Gasteiger charge is -2.27. The highest BCUT2D eigenvalue weighted by atomic mass is 19.4. The van der Waals surface area contributed by atoms with Gasteiger partial charge in [0.25, 0.3) is 0 Å². The molecule has 0 aliphatic rings. The van der Waals surface area contributed by atoms with Crippen LogP contribution in [0.5, 0.6) is 0 Å². The lowest BCUT2D eigenvalue weighted by molar-refractivity contribution is -0.163. The second kappa shape index (κ2) is 7.54. The van der Waals surface area contributed by atoms with Crippen molar-refractivity contribution in [1.82, 2.24) is 4.90 Å². The van der Waals surface area contributed by atoms with Gasteiger partial charge in [-0.15, -0.1) is 0 Å². The quantitative estimate of drug-likeness (QED) is 0.692. The predicted molar refractivity (Wildman–Crippen MR) is 61.3 cm³/mol. The van der Waals surface area contributed by atoms with Crippen molar-refractivity contribution in [2.45, 2.75) is 39.8 Å². The molecule has 5 heteroatoms. The molecule has 0 bridgehead atoms. The Morgan fingerprint density at radius 2 is 1.65 bits per heavy atom. The summed E-state index contributed by atoms with van der Waals surface area (Å²) in [6.07, 6.45) is -2.51. The van der Waals surface area contributed by atoms with Gasteiger partial charge in [0.05, 0.1) is 6.07 Å². The smallest absolute Gasteiger partial charge is 0.302 e. The number of nitriles is 1. The van der Waals surface area contributed by atoms with Crippen LogP contribution in [-0.4, -0.2) is 30.7 Å². The molecule has 0 rings (SSSR count). The van der Waals surface area contributed by atoms with E-state index in [1.54, 1.807) is 4.90 Å². The van der Waals surface area contributed by atoms with Gasteiger partial charge in [-0.1, -0.05) is 33.6 Å². The summed E-state index contributed by atoms with van der Waals surface area (Å²) in [6.45, 7) is 6.86. The molecule has 0 saturated heterocycles. The highest BCUT2D eigenvalue weighted by Crippen LogP contribution is 2.26. The van der Waals surface area contributed by atoms with Crippen LogP contribution >= 0.6 is 0 Å². The van der Waals surface area contributed by atoms with Crippen molar-refractivity contribution in [3.63, 3.8) is 0 Å². The van der Waals surface area contributed by atoms with Crippen molar-refractivity contribution >= 4 is 0 Å². The van der Waals surface area contributed by atoms with Gasteiger partial charge < -0.3 is 4.90 Å². The maximum atomic E-state index is 12.5. The summed E-state index contributed by atoms with van der Waals surface area (Å²) in [6, 6.07) is 1.35. The van der Waals surface area contributed by atoms with Crippen LogP contribution in [-0.2, 0) is 0 Å². The van der Waals surface area contributed by atoms with Crippen molar-refractivity contribution in [2.75, 3.05) is 19.6 Å². The van der Waals surface area contributed by atoms with Crippen molar-refractivity contribution < 1.29 is 13.2 Å². The maximum Gasteiger partial charge on any atom is 0.405 e. The largest absolute Gasteiger partial charge is 0.405 e. The van der Waals surface area contributed by atoms with E-state index < -0.39 is 12.1 Å². The molecule has 0 spiro atoms. The molecule has 17 heavy (non-hydrogen) atoms. The normalized spacial score (nSPS) is 14.1. The third-order valence-corrected chi connectivity index (χ3v) is 3.11. The first kappa shape index (κ1) is 16.2. The zero-order chi connectivity index (χ0) is 13.5. The van der Waals surface area contributed by atoms with Crippen molar-refractivity contribution in [2.24, 2.45) is 11.8 Å². The Balaban J connectivity index is 4.43. The number of nitrogens with zero attached hydrogens (tertiary/aromatic N) is 2. The Hall–Kier alpha value is -0.760. The van der Waals surface area contributed by atoms with Gasteiger partial charge in [-0.3, -0.25) is 0 Å². The van der Waals surface area contributed by atoms with Crippen LogP contribution in [0.15, 0.2) is 0 Å². The highest BCUT2D eigenvalue weighted by molar-refractivity contribution is 4.90. The molecule has 0 saturated carbocycles. The van der Waals surface area contributed by atoms with Crippen molar-refractivity contribution in [3.8, 4) is 6.07 Å². The Labute approximate surface area is 101 Å². The molecule has 0 aliphatic heterocycles.